The fraction of sp³-hybridized carbons (Fsp3) is 0.240. The lowest BCUT2D eigenvalue weighted by molar-refractivity contribution is -0.114. The summed E-state index contributed by atoms with van der Waals surface area (Å²) in [4.78, 5) is 28.1. The number of pyridine rings is 1. The van der Waals surface area contributed by atoms with Crippen LogP contribution in [0.25, 0.3) is 0 Å². The van der Waals surface area contributed by atoms with E-state index >= 15 is 0 Å². The summed E-state index contributed by atoms with van der Waals surface area (Å²) in [5.74, 6) is 0.245. The van der Waals surface area contributed by atoms with Gasteiger partial charge in [0.1, 0.15) is 5.75 Å². The smallest absolute Gasteiger partial charge is 0.251 e. The Morgan fingerprint density at radius 1 is 0.971 bits per heavy atom. The van der Waals surface area contributed by atoms with Gasteiger partial charge < -0.3 is 15.4 Å². The Hall–Kier alpha value is -3.76. The third-order valence-corrected chi connectivity index (χ3v) is 6.75. The van der Waals surface area contributed by atoms with E-state index in [0.29, 0.717) is 16.8 Å². The van der Waals surface area contributed by atoms with Crippen LogP contribution in [0.1, 0.15) is 39.7 Å². The van der Waals surface area contributed by atoms with Gasteiger partial charge in [-0.05, 0) is 55.8 Å². The number of methoxy groups -OCH3 is 1. The lowest BCUT2D eigenvalue weighted by Crippen LogP contribution is -2.24. The van der Waals surface area contributed by atoms with Gasteiger partial charge in [0.05, 0.1) is 24.2 Å². The predicted molar refractivity (Wildman–Crippen MR) is 133 cm³/mol. The first kappa shape index (κ1) is 25.9. The molecule has 0 aliphatic carbocycles. The largest absolute Gasteiger partial charge is 0.496 e. The summed E-state index contributed by atoms with van der Waals surface area (Å²) < 4.78 is 33.0. The van der Waals surface area contributed by atoms with Crippen molar-refractivity contribution < 1.29 is 22.7 Å². The zero-order valence-electron chi connectivity index (χ0n) is 20.0. The van der Waals surface area contributed by atoms with Crippen LogP contribution in [-0.4, -0.2) is 32.3 Å². The minimum atomic E-state index is -3.74. The van der Waals surface area contributed by atoms with Crippen molar-refractivity contribution in [3.8, 4) is 5.75 Å². The Balaban J connectivity index is 1.58. The Morgan fingerprint density at radius 2 is 1.63 bits per heavy atom. The molecule has 0 fully saturated rings. The molecule has 3 N–H and O–H groups in total. The minimum absolute atomic E-state index is 0.0595. The van der Waals surface area contributed by atoms with Crippen molar-refractivity contribution in [2.45, 2.75) is 38.8 Å². The first-order valence-corrected chi connectivity index (χ1v) is 12.3. The Kier molecular flexibility index (Phi) is 8.21. The van der Waals surface area contributed by atoms with Crippen molar-refractivity contribution in [1.82, 2.24) is 15.0 Å². The summed E-state index contributed by atoms with van der Waals surface area (Å²) in [6, 6.07) is 12.5. The van der Waals surface area contributed by atoms with E-state index in [4.69, 9.17) is 4.74 Å². The average molecular weight is 497 g/mol. The van der Waals surface area contributed by atoms with Crippen LogP contribution in [0.3, 0.4) is 0 Å². The lowest BCUT2D eigenvalue weighted by atomic mass is 10.1. The number of benzene rings is 2. The predicted octanol–water partition coefficient (Wildman–Crippen LogP) is 3.07. The highest BCUT2D eigenvalue weighted by Gasteiger charge is 2.15. The maximum atomic E-state index is 12.6. The number of hydrogen-bond donors (Lipinski definition) is 3. The van der Waals surface area contributed by atoms with Crippen molar-refractivity contribution in [2.24, 2.45) is 0 Å². The fourth-order valence-electron chi connectivity index (χ4n) is 3.47. The molecule has 0 aliphatic heterocycles. The van der Waals surface area contributed by atoms with Gasteiger partial charge in [0.25, 0.3) is 5.91 Å². The van der Waals surface area contributed by atoms with E-state index in [9.17, 15) is 18.0 Å². The van der Waals surface area contributed by atoms with Crippen molar-refractivity contribution >= 4 is 27.5 Å². The molecule has 1 aromatic heterocycles. The molecular weight excluding hydrogens is 468 g/mol. The molecular formula is C25H28N4O5S. The number of rotatable bonds is 9. The van der Waals surface area contributed by atoms with Crippen LogP contribution >= 0.6 is 0 Å². The molecule has 0 spiro atoms. The van der Waals surface area contributed by atoms with Gasteiger partial charge in [-0.1, -0.05) is 12.1 Å². The second-order valence-corrected chi connectivity index (χ2v) is 9.72. The minimum Gasteiger partial charge on any atom is -0.496 e. The molecule has 0 atom stereocenters. The van der Waals surface area contributed by atoms with E-state index in [1.807, 2.05) is 13.8 Å². The first-order valence-electron chi connectivity index (χ1n) is 10.8. The molecule has 2 aromatic carbocycles. The van der Waals surface area contributed by atoms with Gasteiger partial charge >= 0.3 is 0 Å². The number of sulfonamides is 1. The molecule has 9 nitrogen and oxygen atoms in total. The molecule has 35 heavy (non-hydrogen) atoms. The molecule has 0 saturated carbocycles. The van der Waals surface area contributed by atoms with Gasteiger partial charge in [0.15, 0.2) is 0 Å². The topological polar surface area (TPSA) is 126 Å². The number of hydrogen-bond acceptors (Lipinski definition) is 6. The molecule has 2 amide bonds. The summed E-state index contributed by atoms with van der Waals surface area (Å²) in [5, 5.41) is 5.43. The molecule has 0 unspecified atom stereocenters. The van der Waals surface area contributed by atoms with Gasteiger partial charge in [0, 0.05) is 42.0 Å². The molecule has 0 aliphatic rings. The third-order valence-electron chi connectivity index (χ3n) is 5.33. The van der Waals surface area contributed by atoms with Crippen LogP contribution in [0.4, 0.5) is 5.69 Å². The van der Waals surface area contributed by atoms with Crippen LogP contribution in [0.15, 0.2) is 59.6 Å². The molecule has 3 rings (SSSR count). The number of carbonyl (C=O) groups excluding carboxylic acids is 2. The zero-order chi connectivity index (χ0) is 25.6. The summed E-state index contributed by atoms with van der Waals surface area (Å²) >= 11 is 0. The zero-order valence-corrected chi connectivity index (χ0v) is 20.8. The molecule has 0 saturated heterocycles. The normalized spacial score (nSPS) is 11.1. The van der Waals surface area contributed by atoms with E-state index < -0.39 is 10.0 Å². The number of carbonyl (C=O) groups is 2. The molecule has 10 heteroatoms. The maximum Gasteiger partial charge on any atom is 0.251 e. The molecule has 0 radical (unpaired) electrons. The molecule has 3 aromatic rings. The number of amides is 2. The van der Waals surface area contributed by atoms with E-state index in [-0.39, 0.29) is 29.8 Å². The number of nitrogens with zero attached hydrogens (tertiary/aromatic N) is 1. The summed E-state index contributed by atoms with van der Waals surface area (Å²) in [5.41, 5.74) is 4.17. The molecule has 184 valence electrons. The SMILES string of the molecule is COc1c(C)cnc(CNC(=O)c2ccc(CNS(=O)(=O)c3ccc(NC(C)=O)cc3)cc2)c1C. The quantitative estimate of drug-likeness (QED) is 0.418. The maximum absolute atomic E-state index is 12.6. The molecule has 0 bridgehead atoms. The lowest BCUT2D eigenvalue weighted by Gasteiger charge is -2.13. The van der Waals surface area contributed by atoms with Crippen molar-refractivity contribution in [3.05, 3.63) is 82.7 Å². The van der Waals surface area contributed by atoms with Crippen molar-refractivity contribution in [2.75, 3.05) is 12.4 Å². The van der Waals surface area contributed by atoms with Crippen LogP contribution in [0, 0.1) is 13.8 Å². The number of nitrogens with one attached hydrogen (secondary N) is 3. The number of anilines is 1. The van der Waals surface area contributed by atoms with E-state index in [0.717, 1.165) is 22.6 Å². The van der Waals surface area contributed by atoms with Gasteiger partial charge in [-0.2, -0.15) is 0 Å². The fourth-order valence-corrected chi connectivity index (χ4v) is 4.49. The second kappa shape index (κ2) is 11.1. The summed E-state index contributed by atoms with van der Waals surface area (Å²) in [6.07, 6.45) is 1.71. The van der Waals surface area contributed by atoms with Crippen molar-refractivity contribution in [1.29, 1.82) is 0 Å². The van der Waals surface area contributed by atoms with E-state index in [1.165, 1.54) is 31.2 Å². The Labute approximate surface area is 205 Å². The van der Waals surface area contributed by atoms with Crippen LogP contribution in [0.5, 0.6) is 5.75 Å². The van der Waals surface area contributed by atoms with Crippen LogP contribution in [0.2, 0.25) is 0 Å². The highest BCUT2D eigenvalue weighted by molar-refractivity contribution is 7.89. The standard InChI is InChI=1S/C25H28N4O5S/c1-16-13-26-23(17(2)24(16)34-4)15-27-25(31)20-7-5-19(6-8-20)14-28-35(32,33)22-11-9-21(10-12-22)29-18(3)30/h5-13,28H,14-15H2,1-4H3,(H,27,31)(H,29,30). The van der Waals surface area contributed by atoms with Gasteiger partial charge in [-0.15, -0.1) is 0 Å². The monoisotopic (exact) mass is 496 g/mol. The highest BCUT2D eigenvalue weighted by Crippen LogP contribution is 2.23. The van der Waals surface area contributed by atoms with Gasteiger partial charge in [-0.25, -0.2) is 13.1 Å². The van der Waals surface area contributed by atoms with Crippen molar-refractivity contribution in [3.63, 3.8) is 0 Å². The number of aryl methyl sites for hydroxylation is 1. The van der Waals surface area contributed by atoms with Gasteiger partial charge in [0.2, 0.25) is 15.9 Å². The average Bonchev–Trinajstić information content (AvgIpc) is 2.83. The van der Waals surface area contributed by atoms with E-state index in [2.05, 4.69) is 20.3 Å². The Bertz CT molecular complexity index is 1320. The highest BCUT2D eigenvalue weighted by atomic mass is 32.2. The summed E-state index contributed by atoms with van der Waals surface area (Å²) in [7, 11) is -2.14. The Morgan fingerprint density at radius 3 is 2.23 bits per heavy atom. The number of ether oxygens (including phenoxy) is 1. The number of aromatic nitrogens is 1. The van der Waals surface area contributed by atoms with Crippen LogP contribution in [-0.2, 0) is 27.9 Å². The van der Waals surface area contributed by atoms with Gasteiger partial charge in [-0.3, -0.25) is 14.6 Å². The first-order chi connectivity index (χ1) is 16.6. The molecule has 1 heterocycles. The summed E-state index contributed by atoms with van der Waals surface area (Å²) in [6.45, 7) is 5.49. The van der Waals surface area contributed by atoms with Crippen LogP contribution < -0.4 is 20.1 Å². The second-order valence-electron chi connectivity index (χ2n) is 7.96. The van der Waals surface area contributed by atoms with E-state index in [1.54, 1.807) is 37.6 Å². The third kappa shape index (κ3) is 6.65.